The maximum absolute atomic E-state index is 13.3. The van der Waals surface area contributed by atoms with Crippen molar-refractivity contribution in [3.63, 3.8) is 0 Å². The number of hydrogen-bond donors (Lipinski definition) is 2. The van der Waals surface area contributed by atoms with Gasteiger partial charge < -0.3 is 34.0 Å². The van der Waals surface area contributed by atoms with Crippen LogP contribution < -0.4 is 14.8 Å². The Balaban J connectivity index is 0.947. The molecular formula is C34H42N4O4. The van der Waals surface area contributed by atoms with Gasteiger partial charge in [0, 0.05) is 59.6 Å². The summed E-state index contributed by atoms with van der Waals surface area (Å²) in [7, 11) is 1.64. The fourth-order valence-electron chi connectivity index (χ4n) is 7.48. The number of aromatic nitrogens is 1. The van der Waals surface area contributed by atoms with E-state index in [4.69, 9.17) is 13.9 Å². The summed E-state index contributed by atoms with van der Waals surface area (Å²) in [5.41, 5.74) is 3.19. The minimum atomic E-state index is -0.0458. The Bertz CT molecular complexity index is 1530. The molecule has 1 amide bonds. The second-order valence-corrected chi connectivity index (χ2v) is 12.4. The van der Waals surface area contributed by atoms with Crippen molar-refractivity contribution < 1.29 is 18.7 Å². The first-order chi connectivity index (χ1) is 20.6. The summed E-state index contributed by atoms with van der Waals surface area (Å²) < 4.78 is 17.2. The van der Waals surface area contributed by atoms with Gasteiger partial charge in [-0.3, -0.25) is 4.79 Å². The lowest BCUT2D eigenvalue weighted by molar-refractivity contribution is 0.0351. The van der Waals surface area contributed by atoms with Crippen LogP contribution in [0.2, 0.25) is 0 Å². The van der Waals surface area contributed by atoms with E-state index in [1.807, 2.05) is 42.5 Å². The molecular weight excluding hydrogens is 528 g/mol. The molecule has 3 fully saturated rings. The van der Waals surface area contributed by atoms with Crippen molar-refractivity contribution in [2.75, 3.05) is 39.8 Å². The summed E-state index contributed by atoms with van der Waals surface area (Å²) in [5.74, 6) is 2.25. The highest BCUT2D eigenvalue weighted by Gasteiger charge is 2.34. The van der Waals surface area contributed by atoms with Crippen LogP contribution in [0.15, 0.2) is 53.1 Å². The average Bonchev–Trinajstić information content (AvgIpc) is 3.65. The number of aromatic amines is 1. The summed E-state index contributed by atoms with van der Waals surface area (Å²) in [6.45, 7) is 6.31. The molecule has 3 aliphatic rings. The zero-order chi connectivity index (χ0) is 28.5. The Hall–Kier alpha value is -3.49. The first-order valence-electron chi connectivity index (χ1n) is 15.7. The van der Waals surface area contributed by atoms with Crippen LogP contribution in [0.5, 0.6) is 11.5 Å². The second kappa shape index (κ2) is 12.0. The van der Waals surface area contributed by atoms with Gasteiger partial charge in [-0.25, -0.2) is 0 Å². The lowest BCUT2D eigenvalue weighted by Crippen LogP contribution is -2.52. The average molecular weight is 571 g/mol. The molecule has 5 heterocycles. The smallest absolute Gasteiger partial charge is 0.267 e. The number of carbonyl (C=O) groups is 1. The number of piperidine rings is 3. The SMILES string of the molecule is COc1ccc2c(COc3cccc4[nH]c(C(=O)NC5CCN(C[C@@H]6CCCN7CCCC[C@H]67)CC5)cc34)coc2c1. The van der Waals surface area contributed by atoms with Crippen LogP contribution in [0.1, 0.15) is 61.0 Å². The summed E-state index contributed by atoms with van der Waals surface area (Å²) in [6.07, 6.45) is 10.6. The van der Waals surface area contributed by atoms with E-state index in [1.54, 1.807) is 13.4 Å². The van der Waals surface area contributed by atoms with Crippen molar-refractivity contribution in [1.29, 1.82) is 0 Å². The predicted molar refractivity (Wildman–Crippen MR) is 164 cm³/mol. The van der Waals surface area contributed by atoms with Gasteiger partial charge in [-0.2, -0.15) is 0 Å². The zero-order valence-corrected chi connectivity index (χ0v) is 24.6. The number of carbonyl (C=O) groups excluding carboxylic acids is 1. The number of likely N-dealkylation sites (tertiary alicyclic amines) is 1. The van der Waals surface area contributed by atoms with Crippen molar-refractivity contribution in [3.8, 4) is 11.5 Å². The Morgan fingerprint density at radius 2 is 1.88 bits per heavy atom. The van der Waals surface area contributed by atoms with E-state index in [2.05, 4.69) is 20.1 Å². The van der Waals surface area contributed by atoms with Crippen LogP contribution in [-0.2, 0) is 6.61 Å². The third-order valence-electron chi connectivity index (χ3n) is 9.76. The third kappa shape index (κ3) is 5.62. The first kappa shape index (κ1) is 27.3. The Labute approximate surface area is 247 Å². The minimum absolute atomic E-state index is 0.0458. The number of furan rings is 1. The molecule has 8 nitrogen and oxygen atoms in total. The summed E-state index contributed by atoms with van der Waals surface area (Å²) in [6, 6.07) is 14.6. The number of rotatable bonds is 8. The van der Waals surface area contributed by atoms with Crippen molar-refractivity contribution in [1.82, 2.24) is 20.1 Å². The largest absolute Gasteiger partial charge is 0.497 e. The molecule has 0 aliphatic carbocycles. The maximum atomic E-state index is 13.3. The number of hydrogen-bond acceptors (Lipinski definition) is 6. The molecule has 0 radical (unpaired) electrons. The van der Waals surface area contributed by atoms with Crippen LogP contribution in [-0.4, -0.2) is 72.6 Å². The number of nitrogens with one attached hydrogen (secondary N) is 2. The van der Waals surface area contributed by atoms with Gasteiger partial charge in [0.1, 0.15) is 29.4 Å². The molecule has 2 aromatic heterocycles. The molecule has 8 heteroatoms. The molecule has 0 saturated carbocycles. The third-order valence-corrected chi connectivity index (χ3v) is 9.76. The van der Waals surface area contributed by atoms with Crippen LogP contribution in [0.4, 0.5) is 0 Å². The molecule has 0 bridgehead atoms. The van der Waals surface area contributed by atoms with Gasteiger partial charge in [0.15, 0.2) is 0 Å². The number of benzene rings is 2. The van der Waals surface area contributed by atoms with Gasteiger partial charge >= 0.3 is 0 Å². The van der Waals surface area contributed by atoms with Gasteiger partial charge in [-0.1, -0.05) is 12.5 Å². The van der Waals surface area contributed by atoms with E-state index in [0.29, 0.717) is 12.3 Å². The second-order valence-electron chi connectivity index (χ2n) is 12.4. The monoisotopic (exact) mass is 570 g/mol. The van der Waals surface area contributed by atoms with E-state index in [9.17, 15) is 4.79 Å². The molecule has 0 spiro atoms. The lowest BCUT2D eigenvalue weighted by atomic mass is 9.83. The summed E-state index contributed by atoms with van der Waals surface area (Å²) in [5, 5.41) is 5.20. The minimum Gasteiger partial charge on any atom is -0.497 e. The van der Waals surface area contributed by atoms with Crippen LogP contribution in [0, 0.1) is 5.92 Å². The van der Waals surface area contributed by atoms with Crippen molar-refractivity contribution in [3.05, 3.63) is 60.0 Å². The molecule has 3 aliphatic heterocycles. The molecule has 0 unspecified atom stereocenters. The highest BCUT2D eigenvalue weighted by atomic mass is 16.5. The first-order valence-corrected chi connectivity index (χ1v) is 15.7. The van der Waals surface area contributed by atoms with Crippen LogP contribution >= 0.6 is 0 Å². The normalized spacial score (nSPS) is 22.3. The standard InChI is InChI=1S/C34H42N4O4/c1-40-26-10-11-27-24(22-42-33(27)18-26)21-41-32-9-4-7-29-28(32)19-30(36-29)34(39)35-25-12-16-37(17-13-25)20-23-6-5-15-38-14-3-2-8-31(23)38/h4,7,9-11,18-19,22-23,25,31,36H,2-3,5-6,8,12-17,20-21H2,1H3,(H,35,39)/t23-,31+/m0/s1. The number of amides is 1. The van der Waals surface area contributed by atoms with Crippen molar-refractivity contribution in [2.45, 2.75) is 63.6 Å². The predicted octanol–water partition coefficient (Wildman–Crippen LogP) is 5.96. The summed E-state index contributed by atoms with van der Waals surface area (Å²) in [4.78, 5) is 22.0. The Kier molecular flexibility index (Phi) is 7.82. The quantitative estimate of drug-likeness (QED) is 0.272. The van der Waals surface area contributed by atoms with Gasteiger partial charge in [-0.15, -0.1) is 0 Å². The van der Waals surface area contributed by atoms with E-state index in [0.717, 1.165) is 76.8 Å². The number of ether oxygens (including phenoxy) is 2. The lowest BCUT2D eigenvalue weighted by Gasteiger charge is -2.46. The van der Waals surface area contributed by atoms with E-state index >= 15 is 0 Å². The van der Waals surface area contributed by atoms with Crippen molar-refractivity contribution in [2.24, 2.45) is 5.92 Å². The zero-order valence-electron chi connectivity index (χ0n) is 24.6. The summed E-state index contributed by atoms with van der Waals surface area (Å²) >= 11 is 0. The molecule has 2 aromatic carbocycles. The molecule has 7 rings (SSSR count). The topological polar surface area (TPSA) is 83.0 Å². The number of methoxy groups -OCH3 is 1. The van der Waals surface area contributed by atoms with Gasteiger partial charge in [0.25, 0.3) is 5.91 Å². The fraction of sp³-hybridized carbons (Fsp3) is 0.500. The van der Waals surface area contributed by atoms with Gasteiger partial charge in [-0.05, 0) is 87.9 Å². The van der Waals surface area contributed by atoms with Crippen LogP contribution in [0.3, 0.4) is 0 Å². The van der Waals surface area contributed by atoms with E-state index in [1.165, 1.54) is 51.7 Å². The Morgan fingerprint density at radius 1 is 1.00 bits per heavy atom. The van der Waals surface area contributed by atoms with Gasteiger partial charge in [0.2, 0.25) is 0 Å². The van der Waals surface area contributed by atoms with Gasteiger partial charge in [0.05, 0.1) is 13.4 Å². The molecule has 3 saturated heterocycles. The number of H-pyrrole nitrogens is 1. The molecule has 2 atom stereocenters. The maximum Gasteiger partial charge on any atom is 0.267 e. The number of nitrogens with zero attached hydrogens (tertiary/aromatic N) is 2. The Morgan fingerprint density at radius 3 is 2.76 bits per heavy atom. The number of fused-ring (bicyclic) bond motifs is 3. The van der Waals surface area contributed by atoms with E-state index in [-0.39, 0.29) is 11.9 Å². The molecule has 42 heavy (non-hydrogen) atoms. The van der Waals surface area contributed by atoms with E-state index < -0.39 is 0 Å². The van der Waals surface area contributed by atoms with Crippen LogP contribution in [0.25, 0.3) is 21.9 Å². The highest BCUT2D eigenvalue weighted by Crippen LogP contribution is 2.33. The molecule has 4 aromatic rings. The fourth-order valence-corrected chi connectivity index (χ4v) is 7.48. The molecule has 2 N–H and O–H groups in total. The molecule has 222 valence electrons. The van der Waals surface area contributed by atoms with Crippen molar-refractivity contribution >= 4 is 27.8 Å². The highest BCUT2D eigenvalue weighted by molar-refractivity contribution is 5.99.